The van der Waals surface area contributed by atoms with Gasteiger partial charge < -0.3 is 15.2 Å². The molecule has 0 fully saturated rings. The van der Waals surface area contributed by atoms with E-state index >= 15 is 0 Å². The molecule has 0 saturated heterocycles. The predicted octanol–water partition coefficient (Wildman–Crippen LogP) is -0.621. The molecule has 0 spiro atoms. The highest BCUT2D eigenvalue weighted by molar-refractivity contribution is 6.01. The fourth-order valence-electron chi connectivity index (χ4n) is 2.17. The Hall–Kier alpha value is -3.23. The molecule has 24 heavy (non-hydrogen) atoms. The lowest BCUT2D eigenvalue weighted by Gasteiger charge is -2.09. The zero-order valence-corrected chi connectivity index (χ0v) is 13.4. The molecule has 2 aromatic rings. The van der Waals surface area contributed by atoms with Gasteiger partial charge in [0.25, 0.3) is 5.56 Å². The number of carboxylic acid groups (broad SMARTS) is 1. The van der Waals surface area contributed by atoms with Gasteiger partial charge >= 0.3 is 0 Å². The average molecular weight is 330 g/mol. The van der Waals surface area contributed by atoms with Crippen LogP contribution in [0.4, 0.5) is 5.82 Å². The molecule has 0 aliphatic carbocycles. The number of hydrogen-bond donors (Lipinski definition) is 2. The monoisotopic (exact) mass is 330 g/mol. The lowest BCUT2D eigenvalue weighted by molar-refractivity contribution is -0.297. The summed E-state index contributed by atoms with van der Waals surface area (Å²) in [6.07, 6.45) is 1.98. The summed E-state index contributed by atoms with van der Waals surface area (Å²) in [6, 6.07) is 1.56. The summed E-state index contributed by atoms with van der Waals surface area (Å²) in [5, 5.41) is 17.0. The second-order valence-electron chi connectivity index (χ2n) is 5.03. The smallest absolute Gasteiger partial charge is 0.255 e. The summed E-state index contributed by atoms with van der Waals surface area (Å²) in [6.45, 7) is 5.27. The Labute approximate surface area is 137 Å². The molecular formula is C15H16N5O4-. The van der Waals surface area contributed by atoms with Gasteiger partial charge in [0, 0.05) is 23.4 Å². The van der Waals surface area contributed by atoms with Crippen LogP contribution in [0.25, 0.3) is 5.95 Å². The number of carbonyl (C=O) groups excluding carboxylic acids is 2. The molecule has 0 aromatic carbocycles. The topological polar surface area (TPSA) is 133 Å². The minimum atomic E-state index is -1.48. The van der Waals surface area contributed by atoms with Crippen LogP contribution in [-0.2, 0) is 16.0 Å². The van der Waals surface area contributed by atoms with Crippen LogP contribution in [0, 0.1) is 13.8 Å². The first-order valence-corrected chi connectivity index (χ1v) is 7.18. The molecule has 0 unspecified atom stereocenters. The number of aliphatic carboxylic acids is 1. The summed E-state index contributed by atoms with van der Waals surface area (Å²) in [4.78, 5) is 41.1. The Bertz CT molecular complexity index is 878. The molecular weight excluding hydrogens is 314 g/mol. The summed E-state index contributed by atoms with van der Waals surface area (Å²) < 4.78 is 1.27. The zero-order valence-electron chi connectivity index (χ0n) is 13.4. The molecule has 0 saturated carbocycles. The van der Waals surface area contributed by atoms with Crippen LogP contribution in [-0.4, -0.2) is 31.6 Å². The van der Waals surface area contributed by atoms with Crippen LogP contribution in [0.5, 0.6) is 0 Å². The fraction of sp³-hybridized carbons (Fsp3) is 0.267. The van der Waals surface area contributed by atoms with E-state index in [2.05, 4.69) is 20.4 Å². The van der Waals surface area contributed by atoms with E-state index in [4.69, 9.17) is 0 Å². The molecule has 2 N–H and O–H groups in total. The molecule has 2 rings (SSSR count). The SMILES string of the molecule is CCc1c(C)nc(-n2nc(C)cc2NC(=O)/C=C/C(=O)[O-])[nH]c1=O. The Morgan fingerprint density at radius 3 is 2.67 bits per heavy atom. The number of aryl methyl sites for hydroxylation is 2. The Balaban J connectivity index is 2.41. The zero-order chi connectivity index (χ0) is 17.9. The van der Waals surface area contributed by atoms with Crippen molar-refractivity contribution in [2.45, 2.75) is 27.2 Å². The summed E-state index contributed by atoms with van der Waals surface area (Å²) in [7, 11) is 0. The van der Waals surface area contributed by atoms with Crippen molar-refractivity contribution in [1.29, 1.82) is 0 Å². The lowest BCUT2D eigenvalue weighted by atomic mass is 10.2. The number of aromatic nitrogens is 4. The third-order valence-corrected chi connectivity index (χ3v) is 3.22. The van der Waals surface area contributed by atoms with Crippen molar-refractivity contribution < 1.29 is 14.7 Å². The van der Waals surface area contributed by atoms with Crippen molar-refractivity contribution >= 4 is 17.7 Å². The standard InChI is InChI=1S/C15H17N5O4/c1-4-10-9(3)16-15(18-14(10)24)20-11(7-8(2)19-20)17-12(21)5-6-13(22)23/h5-7H,4H2,1-3H3,(H,17,21)(H,22,23)(H,16,18,24)/p-1/b6-5+. The van der Waals surface area contributed by atoms with Crippen molar-refractivity contribution in [2.24, 2.45) is 0 Å². The minimum Gasteiger partial charge on any atom is -0.545 e. The van der Waals surface area contributed by atoms with Gasteiger partial charge in [0.05, 0.1) is 11.7 Å². The van der Waals surface area contributed by atoms with Gasteiger partial charge in [0.1, 0.15) is 5.82 Å². The number of amides is 1. The van der Waals surface area contributed by atoms with Gasteiger partial charge in [-0.1, -0.05) is 6.92 Å². The molecule has 0 aliphatic rings. The Kier molecular flexibility index (Phi) is 4.93. The van der Waals surface area contributed by atoms with Gasteiger partial charge in [0.15, 0.2) is 0 Å². The molecule has 0 atom stereocenters. The fourth-order valence-corrected chi connectivity index (χ4v) is 2.17. The van der Waals surface area contributed by atoms with Crippen molar-refractivity contribution in [2.75, 3.05) is 5.32 Å². The second-order valence-corrected chi connectivity index (χ2v) is 5.03. The molecule has 9 heteroatoms. The van der Waals surface area contributed by atoms with Gasteiger partial charge in [-0.2, -0.15) is 9.78 Å². The van der Waals surface area contributed by atoms with Crippen LogP contribution in [0.2, 0.25) is 0 Å². The van der Waals surface area contributed by atoms with E-state index in [1.54, 1.807) is 19.9 Å². The number of carbonyl (C=O) groups is 2. The van der Waals surface area contributed by atoms with Gasteiger partial charge in [-0.25, -0.2) is 4.98 Å². The number of anilines is 1. The minimum absolute atomic E-state index is 0.155. The van der Waals surface area contributed by atoms with E-state index in [1.165, 1.54) is 4.68 Å². The maximum Gasteiger partial charge on any atom is 0.255 e. The number of carboxylic acids is 1. The Morgan fingerprint density at radius 1 is 1.38 bits per heavy atom. The quantitative estimate of drug-likeness (QED) is 0.702. The second kappa shape index (κ2) is 6.90. The lowest BCUT2D eigenvalue weighted by Crippen LogP contribution is -2.22. The van der Waals surface area contributed by atoms with E-state index in [0.29, 0.717) is 29.4 Å². The molecule has 1 amide bonds. The molecule has 2 heterocycles. The van der Waals surface area contributed by atoms with Crippen LogP contribution < -0.4 is 16.0 Å². The summed E-state index contributed by atoms with van der Waals surface area (Å²) in [5.74, 6) is -1.76. The van der Waals surface area contributed by atoms with E-state index < -0.39 is 11.9 Å². The van der Waals surface area contributed by atoms with E-state index in [1.807, 2.05) is 6.92 Å². The number of aromatic amines is 1. The van der Waals surface area contributed by atoms with E-state index in [-0.39, 0.29) is 17.3 Å². The van der Waals surface area contributed by atoms with Gasteiger partial charge in [0.2, 0.25) is 11.9 Å². The maximum absolute atomic E-state index is 12.1. The van der Waals surface area contributed by atoms with Crippen molar-refractivity contribution in [3.05, 3.63) is 45.5 Å². The van der Waals surface area contributed by atoms with Crippen molar-refractivity contribution in [3.8, 4) is 5.95 Å². The van der Waals surface area contributed by atoms with Crippen LogP contribution >= 0.6 is 0 Å². The summed E-state index contributed by atoms with van der Waals surface area (Å²) in [5.41, 5.74) is 1.44. The average Bonchev–Trinajstić information content (AvgIpc) is 2.85. The number of H-pyrrole nitrogens is 1. The first-order valence-electron chi connectivity index (χ1n) is 7.18. The van der Waals surface area contributed by atoms with Crippen LogP contribution in [0.15, 0.2) is 23.0 Å². The van der Waals surface area contributed by atoms with Gasteiger partial charge in [-0.15, -0.1) is 0 Å². The highest BCUT2D eigenvalue weighted by Crippen LogP contribution is 2.14. The molecule has 0 bridgehead atoms. The highest BCUT2D eigenvalue weighted by atomic mass is 16.4. The molecule has 0 aliphatic heterocycles. The third kappa shape index (κ3) is 3.75. The number of nitrogens with one attached hydrogen (secondary N) is 2. The molecule has 0 radical (unpaired) electrons. The predicted molar refractivity (Wildman–Crippen MR) is 83.6 cm³/mol. The first kappa shape index (κ1) is 17.1. The van der Waals surface area contributed by atoms with E-state index in [0.717, 1.165) is 6.08 Å². The summed E-state index contributed by atoms with van der Waals surface area (Å²) >= 11 is 0. The number of hydrogen-bond acceptors (Lipinski definition) is 6. The number of nitrogens with zero attached hydrogens (tertiary/aromatic N) is 3. The van der Waals surface area contributed by atoms with Gasteiger partial charge in [-0.05, 0) is 26.3 Å². The molecule has 2 aromatic heterocycles. The first-order chi connectivity index (χ1) is 11.3. The maximum atomic E-state index is 12.1. The number of rotatable bonds is 5. The van der Waals surface area contributed by atoms with Crippen LogP contribution in [0.3, 0.4) is 0 Å². The van der Waals surface area contributed by atoms with Crippen LogP contribution in [0.1, 0.15) is 23.9 Å². The molecule has 9 nitrogen and oxygen atoms in total. The Morgan fingerprint density at radius 2 is 2.08 bits per heavy atom. The van der Waals surface area contributed by atoms with Crippen molar-refractivity contribution in [1.82, 2.24) is 19.7 Å². The largest absolute Gasteiger partial charge is 0.545 e. The van der Waals surface area contributed by atoms with Crippen molar-refractivity contribution in [3.63, 3.8) is 0 Å². The third-order valence-electron chi connectivity index (χ3n) is 3.22. The molecule has 126 valence electrons. The van der Waals surface area contributed by atoms with Gasteiger partial charge in [-0.3, -0.25) is 14.6 Å². The normalized spacial score (nSPS) is 11.0. The highest BCUT2D eigenvalue weighted by Gasteiger charge is 2.14. The van der Waals surface area contributed by atoms with E-state index in [9.17, 15) is 19.5 Å².